The highest BCUT2D eigenvalue weighted by atomic mass is 16.5. The highest BCUT2D eigenvalue weighted by Crippen LogP contribution is 1.80. The maximum absolute atomic E-state index is 10.4. The molecule has 0 fully saturated rings. The molecular formula is C8H16N4O3. The van der Waals surface area contributed by atoms with Crippen LogP contribution >= 0.6 is 0 Å². The first-order chi connectivity index (χ1) is 7.27. The van der Waals surface area contributed by atoms with Gasteiger partial charge in [0.05, 0.1) is 26.4 Å². The first kappa shape index (κ1) is 13.7. The zero-order valence-electron chi connectivity index (χ0n) is 8.81. The number of carbonyl (C=O) groups excluding carboxylic acids is 1. The highest BCUT2D eigenvalue weighted by Gasteiger charge is 1.91. The van der Waals surface area contributed by atoms with E-state index in [1.165, 1.54) is 6.92 Å². The van der Waals surface area contributed by atoms with E-state index in [2.05, 4.69) is 15.3 Å². The predicted octanol–water partition coefficient (Wildman–Crippen LogP) is 0.466. The van der Waals surface area contributed by atoms with E-state index in [-0.39, 0.29) is 5.91 Å². The molecule has 0 aliphatic rings. The highest BCUT2D eigenvalue weighted by molar-refractivity contribution is 5.72. The molecule has 0 aromatic heterocycles. The lowest BCUT2D eigenvalue weighted by molar-refractivity contribution is -0.119. The molecule has 86 valence electrons. The van der Waals surface area contributed by atoms with Gasteiger partial charge in [0.15, 0.2) is 0 Å². The molecule has 15 heavy (non-hydrogen) atoms. The average Bonchev–Trinajstić information content (AvgIpc) is 2.20. The predicted molar refractivity (Wildman–Crippen MR) is 54.3 cm³/mol. The first-order valence-electron chi connectivity index (χ1n) is 4.68. The summed E-state index contributed by atoms with van der Waals surface area (Å²) in [7, 11) is 0. The Kier molecular flexibility index (Phi) is 9.84. The zero-order valence-corrected chi connectivity index (χ0v) is 8.81. The summed E-state index contributed by atoms with van der Waals surface area (Å²) in [5.74, 6) is -0.0655. The monoisotopic (exact) mass is 216 g/mol. The van der Waals surface area contributed by atoms with Crippen molar-refractivity contribution in [3.05, 3.63) is 10.4 Å². The molecule has 0 unspecified atom stereocenters. The Morgan fingerprint density at radius 1 is 1.33 bits per heavy atom. The Balaban J connectivity index is 2.98. The number of nitrogens with zero attached hydrogens (tertiary/aromatic N) is 3. The van der Waals surface area contributed by atoms with Crippen LogP contribution < -0.4 is 5.32 Å². The van der Waals surface area contributed by atoms with Gasteiger partial charge >= 0.3 is 0 Å². The number of carbonyl (C=O) groups is 1. The van der Waals surface area contributed by atoms with Crippen molar-refractivity contribution in [3.63, 3.8) is 0 Å². The number of ether oxygens (including phenoxy) is 2. The summed E-state index contributed by atoms with van der Waals surface area (Å²) >= 11 is 0. The molecule has 0 radical (unpaired) electrons. The van der Waals surface area contributed by atoms with Crippen LogP contribution in [0.4, 0.5) is 0 Å². The minimum Gasteiger partial charge on any atom is -0.379 e. The minimum atomic E-state index is -0.0655. The molecule has 0 heterocycles. The lowest BCUT2D eigenvalue weighted by Gasteiger charge is -2.04. The second-order valence-electron chi connectivity index (χ2n) is 2.66. The van der Waals surface area contributed by atoms with Crippen LogP contribution in [0.3, 0.4) is 0 Å². The largest absolute Gasteiger partial charge is 0.379 e. The molecule has 7 heteroatoms. The lowest BCUT2D eigenvalue weighted by Crippen LogP contribution is -2.24. The van der Waals surface area contributed by atoms with E-state index in [0.717, 1.165) is 0 Å². The van der Waals surface area contributed by atoms with Gasteiger partial charge in [0.1, 0.15) is 0 Å². The van der Waals surface area contributed by atoms with Gasteiger partial charge < -0.3 is 14.8 Å². The average molecular weight is 216 g/mol. The Hall–Kier alpha value is -1.30. The van der Waals surface area contributed by atoms with Gasteiger partial charge in [-0.3, -0.25) is 4.79 Å². The lowest BCUT2D eigenvalue weighted by atomic mass is 10.6. The topological polar surface area (TPSA) is 96.3 Å². The molecule has 0 aliphatic carbocycles. The van der Waals surface area contributed by atoms with Gasteiger partial charge in [-0.25, -0.2) is 0 Å². The molecule has 0 atom stereocenters. The molecular weight excluding hydrogens is 200 g/mol. The number of hydrogen-bond donors (Lipinski definition) is 1. The maximum Gasteiger partial charge on any atom is 0.216 e. The second-order valence-corrected chi connectivity index (χ2v) is 2.66. The quantitative estimate of drug-likeness (QED) is 0.262. The fourth-order valence-corrected chi connectivity index (χ4v) is 0.771. The number of nitrogens with one attached hydrogen (secondary N) is 1. The molecule has 1 N–H and O–H groups in total. The van der Waals surface area contributed by atoms with Crippen LogP contribution in [0.15, 0.2) is 5.11 Å². The van der Waals surface area contributed by atoms with Crippen molar-refractivity contribution < 1.29 is 14.3 Å². The van der Waals surface area contributed by atoms with Gasteiger partial charge in [0.25, 0.3) is 0 Å². The Labute approximate surface area is 88.4 Å². The third-order valence-corrected chi connectivity index (χ3v) is 1.39. The van der Waals surface area contributed by atoms with Crippen molar-refractivity contribution in [2.45, 2.75) is 6.92 Å². The third kappa shape index (κ3) is 12.7. The van der Waals surface area contributed by atoms with E-state index in [4.69, 9.17) is 15.0 Å². The van der Waals surface area contributed by atoms with E-state index in [0.29, 0.717) is 39.5 Å². The second kappa shape index (κ2) is 10.8. The van der Waals surface area contributed by atoms with Crippen LogP contribution in [0.2, 0.25) is 0 Å². The fraction of sp³-hybridized carbons (Fsp3) is 0.875. The van der Waals surface area contributed by atoms with E-state index >= 15 is 0 Å². The van der Waals surface area contributed by atoms with Gasteiger partial charge in [-0.2, -0.15) is 0 Å². The number of azide groups is 1. The van der Waals surface area contributed by atoms with E-state index in [1.807, 2.05) is 0 Å². The van der Waals surface area contributed by atoms with Crippen molar-refractivity contribution in [2.75, 3.05) is 39.5 Å². The summed E-state index contributed by atoms with van der Waals surface area (Å²) in [6, 6.07) is 0. The number of amides is 1. The summed E-state index contributed by atoms with van der Waals surface area (Å²) < 4.78 is 10.2. The van der Waals surface area contributed by atoms with Crippen LogP contribution in [0.5, 0.6) is 0 Å². The standard InChI is InChI=1S/C8H16N4O3/c1-8(13)10-2-4-14-6-7-15-5-3-11-12-9/h2-7H2,1H3,(H,10,13). The van der Waals surface area contributed by atoms with Crippen molar-refractivity contribution in [1.82, 2.24) is 5.32 Å². The minimum absolute atomic E-state index is 0.0655. The molecule has 0 saturated carbocycles. The summed E-state index contributed by atoms with van der Waals surface area (Å²) in [5.41, 5.74) is 7.95. The smallest absolute Gasteiger partial charge is 0.216 e. The maximum atomic E-state index is 10.4. The molecule has 0 spiro atoms. The van der Waals surface area contributed by atoms with Gasteiger partial charge in [-0.15, -0.1) is 0 Å². The molecule has 0 rings (SSSR count). The van der Waals surface area contributed by atoms with E-state index < -0.39 is 0 Å². The molecule has 0 aromatic rings. The van der Waals surface area contributed by atoms with Crippen molar-refractivity contribution in [3.8, 4) is 0 Å². The summed E-state index contributed by atoms with van der Waals surface area (Å²) in [6.07, 6.45) is 0. The van der Waals surface area contributed by atoms with E-state index in [9.17, 15) is 4.79 Å². The fourth-order valence-electron chi connectivity index (χ4n) is 0.771. The van der Waals surface area contributed by atoms with Crippen LogP contribution in [0.25, 0.3) is 10.4 Å². The zero-order chi connectivity index (χ0) is 11.4. The van der Waals surface area contributed by atoms with Gasteiger partial charge in [-0.05, 0) is 5.53 Å². The van der Waals surface area contributed by atoms with Gasteiger partial charge in [0.2, 0.25) is 5.91 Å². The summed E-state index contributed by atoms with van der Waals surface area (Å²) in [5, 5.41) is 5.91. The normalized spacial score (nSPS) is 9.40. The Morgan fingerprint density at radius 2 is 2.00 bits per heavy atom. The number of hydrogen-bond acceptors (Lipinski definition) is 4. The molecule has 0 saturated heterocycles. The molecule has 0 bridgehead atoms. The molecule has 1 amide bonds. The molecule has 0 aromatic carbocycles. The van der Waals surface area contributed by atoms with Crippen molar-refractivity contribution >= 4 is 5.91 Å². The molecule has 0 aliphatic heterocycles. The van der Waals surface area contributed by atoms with Gasteiger partial charge in [0, 0.05) is 24.9 Å². The van der Waals surface area contributed by atoms with Crippen molar-refractivity contribution in [2.24, 2.45) is 5.11 Å². The first-order valence-corrected chi connectivity index (χ1v) is 4.68. The van der Waals surface area contributed by atoms with Gasteiger partial charge in [-0.1, -0.05) is 5.11 Å². The summed E-state index contributed by atoms with van der Waals surface area (Å²) in [4.78, 5) is 13.0. The molecule has 7 nitrogen and oxygen atoms in total. The third-order valence-electron chi connectivity index (χ3n) is 1.39. The van der Waals surface area contributed by atoms with Crippen LogP contribution in [-0.2, 0) is 14.3 Å². The van der Waals surface area contributed by atoms with Crippen molar-refractivity contribution in [1.29, 1.82) is 0 Å². The van der Waals surface area contributed by atoms with Crippen LogP contribution in [0.1, 0.15) is 6.92 Å². The number of rotatable bonds is 9. The van der Waals surface area contributed by atoms with Crippen LogP contribution in [-0.4, -0.2) is 45.4 Å². The van der Waals surface area contributed by atoms with E-state index in [1.54, 1.807) is 0 Å². The summed E-state index contributed by atoms with van der Waals surface area (Å²) in [6.45, 7) is 4.10. The Bertz CT molecular complexity index is 208. The Morgan fingerprint density at radius 3 is 2.60 bits per heavy atom. The van der Waals surface area contributed by atoms with Crippen LogP contribution in [0, 0.1) is 0 Å². The SMILES string of the molecule is CC(=O)NCCOCCOCCN=[N+]=[N-].